The van der Waals surface area contributed by atoms with E-state index in [9.17, 15) is 0 Å². The molecular weight excluding hydrogens is 236 g/mol. The highest BCUT2D eigenvalue weighted by molar-refractivity contribution is 5.40. The molecule has 1 aromatic carbocycles. The van der Waals surface area contributed by atoms with Crippen LogP contribution in [0, 0.1) is 5.92 Å². The molecule has 0 saturated heterocycles. The van der Waals surface area contributed by atoms with Gasteiger partial charge in [0.2, 0.25) is 0 Å². The second-order valence-corrected chi connectivity index (χ2v) is 5.41. The third kappa shape index (κ3) is 7.19. The summed E-state index contributed by atoms with van der Waals surface area (Å²) in [5, 5.41) is 0. The summed E-state index contributed by atoms with van der Waals surface area (Å²) in [6, 6.07) is 8.10. The zero-order valence-electron chi connectivity index (χ0n) is 12.6. The van der Waals surface area contributed by atoms with Crippen LogP contribution >= 0.6 is 0 Å². The fourth-order valence-electron chi connectivity index (χ4n) is 1.91. The van der Waals surface area contributed by atoms with Crippen LogP contribution in [0.5, 0.6) is 0 Å². The molecule has 0 atom stereocenters. The van der Waals surface area contributed by atoms with Crippen LogP contribution in [-0.2, 0) is 11.3 Å². The van der Waals surface area contributed by atoms with Gasteiger partial charge in [-0.2, -0.15) is 0 Å². The maximum Gasteiger partial charge on any atom is 0.0593 e. The second kappa shape index (κ2) is 8.94. The van der Waals surface area contributed by atoms with E-state index in [-0.39, 0.29) is 0 Å². The molecule has 19 heavy (non-hydrogen) atoms. The number of hydrogen-bond acceptors (Lipinski definition) is 3. The van der Waals surface area contributed by atoms with Crippen LogP contribution in [0.4, 0.5) is 5.69 Å². The lowest BCUT2D eigenvalue weighted by molar-refractivity contribution is 0.0955. The second-order valence-electron chi connectivity index (χ2n) is 5.41. The van der Waals surface area contributed by atoms with Crippen molar-refractivity contribution in [1.82, 2.24) is 4.90 Å². The Hall–Kier alpha value is -1.06. The molecule has 0 aliphatic rings. The van der Waals surface area contributed by atoms with Crippen LogP contribution < -0.4 is 5.73 Å². The first-order chi connectivity index (χ1) is 9.11. The first-order valence-electron chi connectivity index (χ1n) is 7.26. The molecule has 0 saturated carbocycles. The normalized spacial score (nSPS) is 11.4. The molecule has 2 N–H and O–H groups in total. The average Bonchev–Trinajstić information content (AvgIpc) is 2.36. The van der Waals surface area contributed by atoms with Crippen LogP contribution in [0.25, 0.3) is 0 Å². The summed E-state index contributed by atoms with van der Waals surface area (Å²) >= 11 is 0. The van der Waals surface area contributed by atoms with Gasteiger partial charge in [0.05, 0.1) is 6.61 Å². The molecule has 0 heterocycles. The summed E-state index contributed by atoms with van der Waals surface area (Å²) in [6.45, 7) is 11.3. The molecule has 1 rings (SSSR count). The molecule has 0 aliphatic carbocycles. The van der Waals surface area contributed by atoms with E-state index in [0.29, 0.717) is 0 Å². The predicted molar refractivity (Wildman–Crippen MR) is 82.1 cm³/mol. The van der Waals surface area contributed by atoms with Gasteiger partial charge >= 0.3 is 0 Å². The number of nitrogens with two attached hydrogens (primary N) is 1. The standard InChI is InChI=1S/C16H28N2O/c1-4-18(9-11-19-10-8-14(2)3)13-15-6-5-7-16(17)12-15/h5-7,12,14H,4,8-11,13,17H2,1-3H3. The van der Waals surface area contributed by atoms with Crippen molar-refractivity contribution < 1.29 is 4.74 Å². The third-order valence-electron chi connectivity index (χ3n) is 3.20. The van der Waals surface area contributed by atoms with E-state index >= 15 is 0 Å². The van der Waals surface area contributed by atoms with E-state index in [1.54, 1.807) is 0 Å². The summed E-state index contributed by atoms with van der Waals surface area (Å²) < 4.78 is 5.67. The Labute approximate surface area is 117 Å². The lowest BCUT2D eigenvalue weighted by Crippen LogP contribution is -2.27. The van der Waals surface area contributed by atoms with Crippen LogP contribution in [-0.4, -0.2) is 31.2 Å². The van der Waals surface area contributed by atoms with Crippen molar-refractivity contribution in [1.29, 1.82) is 0 Å². The number of anilines is 1. The minimum Gasteiger partial charge on any atom is -0.399 e. The van der Waals surface area contributed by atoms with Gasteiger partial charge in [-0.15, -0.1) is 0 Å². The van der Waals surface area contributed by atoms with Gasteiger partial charge in [-0.05, 0) is 36.6 Å². The molecular formula is C16H28N2O. The topological polar surface area (TPSA) is 38.5 Å². The Morgan fingerprint density at radius 2 is 2.05 bits per heavy atom. The first kappa shape index (κ1) is 16.0. The lowest BCUT2D eigenvalue weighted by atomic mass is 10.1. The van der Waals surface area contributed by atoms with Gasteiger partial charge in [0, 0.05) is 25.4 Å². The quantitative estimate of drug-likeness (QED) is 0.550. The maximum absolute atomic E-state index is 5.80. The molecule has 0 aromatic heterocycles. The van der Waals surface area contributed by atoms with Gasteiger partial charge in [-0.3, -0.25) is 4.90 Å². The van der Waals surface area contributed by atoms with Crippen LogP contribution in [0.15, 0.2) is 24.3 Å². The van der Waals surface area contributed by atoms with E-state index in [2.05, 4.69) is 31.7 Å². The van der Waals surface area contributed by atoms with E-state index in [4.69, 9.17) is 10.5 Å². The number of rotatable bonds is 9. The van der Waals surface area contributed by atoms with Gasteiger partial charge in [-0.25, -0.2) is 0 Å². The number of nitrogens with zero attached hydrogens (tertiary/aromatic N) is 1. The third-order valence-corrected chi connectivity index (χ3v) is 3.20. The van der Waals surface area contributed by atoms with Crippen molar-refractivity contribution in [2.24, 2.45) is 5.92 Å². The number of benzene rings is 1. The maximum atomic E-state index is 5.80. The van der Waals surface area contributed by atoms with Gasteiger partial charge in [-0.1, -0.05) is 32.9 Å². The molecule has 0 radical (unpaired) electrons. The Kier molecular flexibility index (Phi) is 7.53. The molecule has 0 bridgehead atoms. The predicted octanol–water partition coefficient (Wildman–Crippen LogP) is 3.15. The van der Waals surface area contributed by atoms with Gasteiger partial charge in [0.25, 0.3) is 0 Å². The van der Waals surface area contributed by atoms with E-state index in [1.807, 2.05) is 18.2 Å². The van der Waals surface area contributed by atoms with Crippen molar-refractivity contribution in [3.8, 4) is 0 Å². The minimum absolute atomic E-state index is 0.717. The van der Waals surface area contributed by atoms with Crippen molar-refractivity contribution >= 4 is 5.69 Å². The molecule has 0 aliphatic heterocycles. The van der Waals surface area contributed by atoms with Gasteiger partial charge < -0.3 is 10.5 Å². The zero-order chi connectivity index (χ0) is 14.1. The smallest absolute Gasteiger partial charge is 0.0593 e. The van der Waals surface area contributed by atoms with Crippen molar-refractivity contribution in [2.45, 2.75) is 33.7 Å². The number of nitrogen functional groups attached to an aromatic ring is 1. The summed E-state index contributed by atoms with van der Waals surface area (Å²) in [5.41, 5.74) is 7.90. The summed E-state index contributed by atoms with van der Waals surface area (Å²) in [6.07, 6.45) is 1.14. The largest absolute Gasteiger partial charge is 0.399 e. The minimum atomic E-state index is 0.717. The molecule has 0 fully saturated rings. The van der Waals surface area contributed by atoms with Crippen LogP contribution in [0.1, 0.15) is 32.8 Å². The van der Waals surface area contributed by atoms with Gasteiger partial charge in [0.1, 0.15) is 0 Å². The van der Waals surface area contributed by atoms with E-state index in [0.717, 1.165) is 50.9 Å². The molecule has 1 aromatic rings. The summed E-state index contributed by atoms with van der Waals surface area (Å²) in [7, 11) is 0. The highest BCUT2D eigenvalue weighted by Crippen LogP contribution is 2.09. The Balaban J connectivity index is 2.26. The Morgan fingerprint density at radius 1 is 1.26 bits per heavy atom. The molecule has 3 heteroatoms. The van der Waals surface area contributed by atoms with Crippen molar-refractivity contribution in [3.63, 3.8) is 0 Å². The van der Waals surface area contributed by atoms with Crippen molar-refractivity contribution in [2.75, 3.05) is 32.0 Å². The van der Waals surface area contributed by atoms with E-state index in [1.165, 1.54) is 5.56 Å². The molecule has 3 nitrogen and oxygen atoms in total. The molecule has 0 amide bonds. The molecule has 0 spiro atoms. The Bertz CT molecular complexity index is 352. The molecule has 108 valence electrons. The number of hydrogen-bond donors (Lipinski definition) is 1. The highest BCUT2D eigenvalue weighted by Gasteiger charge is 2.04. The fraction of sp³-hybridized carbons (Fsp3) is 0.625. The first-order valence-corrected chi connectivity index (χ1v) is 7.26. The summed E-state index contributed by atoms with van der Waals surface area (Å²) in [5.74, 6) is 0.717. The number of likely N-dealkylation sites (N-methyl/N-ethyl adjacent to an activating group) is 1. The summed E-state index contributed by atoms with van der Waals surface area (Å²) in [4.78, 5) is 2.38. The van der Waals surface area contributed by atoms with E-state index < -0.39 is 0 Å². The van der Waals surface area contributed by atoms with Crippen LogP contribution in [0.2, 0.25) is 0 Å². The lowest BCUT2D eigenvalue weighted by Gasteiger charge is -2.20. The zero-order valence-corrected chi connectivity index (χ0v) is 12.6. The fourth-order valence-corrected chi connectivity index (χ4v) is 1.91. The molecule has 0 unspecified atom stereocenters. The van der Waals surface area contributed by atoms with Crippen molar-refractivity contribution in [3.05, 3.63) is 29.8 Å². The number of ether oxygens (including phenoxy) is 1. The highest BCUT2D eigenvalue weighted by atomic mass is 16.5. The Morgan fingerprint density at radius 3 is 2.68 bits per heavy atom. The van der Waals surface area contributed by atoms with Gasteiger partial charge in [0.15, 0.2) is 0 Å². The van der Waals surface area contributed by atoms with Crippen LogP contribution in [0.3, 0.4) is 0 Å². The monoisotopic (exact) mass is 264 g/mol. The average molecular weight is 264 g/mol. The SMILES string of the molecule is CCN(CCOCCC(C)C)Cc1cccc(N)c1.